The normalized spacial score (nSPS) is 14.6. The number of likely N-dealkylation sites (tertiary alicyclic amines) is 1. The fraction of sp³-hybridized carbons (Fsp3) is 0.364. The Morgan fingerprint density at radius 1 is 1.07 bits per heavy atom. The summed E-state index contributed by atoms with van der Waals surface area (Å²) in [7, 11) is 0. The highest BCUT2D eigenvalue weighted by atomic mass is 35.5. The van der Waals surface area contributed by atoms with Crippen molar-refractivity contribution in [3.8, 4) is 0 Å². The van der Waals surface area contributed by atoms with Crippen LogP contribution in [0, 0.1) is 6.92 Å². The minimum absolute atomic E-state index is 0.0988. The molecule has 5 nitrogen and oxygen atoms in total. The first-order chi connectivity index (χ1) is 13.5. The third-order valence-corrected chi connectivity index (χ3v) is 5.63. The van der Waals surface area contributed by atoms with Crippen LogP contribution in [0.25, 0.3) is 0 Å². The lowest BCUT2D eigenvalue weighted by atomic mass is 9.90. The molecule has 1 aliphatic rings. The number of halogens is 1. The van der Waals surface area contributed by atoms with Crippen molar-refractivity contribution in [1.29, 1.82) is 0 Å². The van der Waals surface area contributed by atoms with Gasteiger partial charge in [-0.25, -0.2) is 4.79 Å². The van der Waals surface area contributed by atoms with Crippen LogP contribution < -0.4 is 10.6 Å². The van der Waals surface area contributed by atoms with E-state index >= 15 is 0 Å². The third-order valence-electron chi connectivity index (χ3n) is 5.22. The van der Waals surface area contributed by atoms with Gasteiger partial charge in [0.2, 0.25) is 5.91 Å². The Morgan fingerprint density at radius 3 is 2.50 bits per heavy atom. The Labute approximate surface area is 171 Å². The summed E-state index contributed by atoms with van der Waals surface area (Å²) < 4.78 is 0. The maximum absolute atomic E-state index is 12.3. The average Bonchev–Trinajstić information content (AvgIpc) is 2.72. The molecule has 3 amide bonds. The minimum Gasteiger partial charge on any atom is -0.337 e. The molecular weight excluding hydrogens is 374 g/mol. The van der Waals surface area contributed by atoms with E-state index in [1.807, 2.05) is 24.0 Å². The molecule has 0 bridgehead atoms. The number of carbonyl (C=O) groups excluding carboxylic acids is 2. The summed E-state index contributed by atoms with van der Waals surface area (Å²) in [6, 6.07) is 15.7. The summed E-state index contributed by atoms with van der Waals surface area (Å²) in [5, 5.41) is 6.31. The summed E-state index contributed by atoms with van der Waals surface area (Å²) >= 11 is 6.06. The molecule has 2 aromatic carbocycles. The van der Waals surface area contributed by atoms with Crippen LogP contribution >= 0.6 is 11.6 Å². The second-order valence-corrected chi connectivity index (χ2v) is 7.52. The van der Waals surface area contributed by atoms with Gasteiger partial charge < -0.3 is 15.5 Å². The average molecular weight is 400 g/mol. The Hall–Kier alpha value is -2.53. The van der Waals surface area contributed by atoms with Gasteiger partial charge in [0.05, 0.1) is 0 Å². The molecule has 2 N–H and O–H groups in total. The number of hydrogen-bond acceptors (Lipinski definition) is 2. The van der Waals surface area contributed by atoms with Crippen molar-refractivity contribution in [2.24, 2.45) is 0 Å². The molecule has 0 aliphatic carbocycles. The van der Waals surface area contributed by atoms with E-state index in [9.17, 15) is 9.59 Å². The van der Waals surface area contributed by atoms with Crippen LogP contribution in [-0.4, -0.2) is 36.5 Å². The van der Waals surface area contributed by atoms with E-state index in [1.165, 1.54) is 5.56 Å². The summed E-state index contributed by atoms with van der Waals surface area (Å²) in [6.45, 7) is 3.64. The van der Waals surface area contributed by atoms with Crippen LogP contribution in [0.4, 0.5) is 10.5 Å². The molecule has 0 spiro atoms. The van der Waals surface area contributed by atoms with Crippen LogP contribution in [-0.2, 0) is 4.79 Å². The van der Waals surface area contributed by atoms with Crippen molar-refractivity contribution in [2.45, 2.75) is 32.1 Å². The topological polar surface area (TPSA) is 61.4 Å². The van der Waals surface area contributed by atoms with Crippen LogP contribution in [0.5, 0.6) is 0 Å². The zero-order valence-electron chi connectivity index (χ0n) is 16.1. The van der Waals surface area contributed by atoms with Crippen molar-refractivity contribution in [1.82, 2.24) is 10.2 Å². The number of amides is 3. The number of hydrogen-bond donors (Lipinski definition) is 2. The van der Waals surface area contributed by atoms with Crippen LogP contribution in [0.3, 0.4) is 0 Å². The molecular formula is C22H26ClN3O2. The van der Waals surface area contributed by atoms with E-state index < -0.39 is 0 Å². The molecule has 0 unspecified atom stereocenters. The van der Waals surface area contributed by atoms with Gasteiger partial charge in [0.25, 0.3) is 0 Å². The molecule has 28 heavy (non-hydrogen) atoms. The predicted octanol–water partition coefficient (Wildman–Crippen LogP) is 4.57. The Bertz CT molecular complexity index is 818. The van der Waals surface area contributed by atoms with E-state index in [2.05, 4.69) is 34.9 Å². The molecule has 1 heterocycles. The summed E-state index contributed by atoms with van der Waals surface area (Å²) in [5.74, 6) is 0.366. The SMILES string of the molecule is Cc1c(Cl)cccc1NC(=O)CCNC(=O)N1CCC(c2ccccc2)CC1. The number of carbonyl (C=O) groups is 2. The van der Waals surface area contributed by atoms with E-state index in [0.717, 1.165) is 31.5 Å². The zero-order chi connectivity index (χ0) is 19.9. The molecule has 0 radical (unpaired) electrons. The lowest BCUT2D eigenvalue weighted by Gasteiger charge is -2.32. The molecule has 148 valence electrons. The number of nitrogens with one attached hydrogen (secondary N) is 2. The van der Waals surface area contributed by atoms with E-state index in [-0.39, 0.29) is 18.4 Å². The molecule has 3 rings (SSSR count). The van der Waals surface area contributed by atoms with Gasteiger partial charge in [0, 0.05) is 36.8 Å². The lowest BCUT2D eigenvalue weighted by molar-refractivity contribution is -0.116. The Morgan fingerprint density at radius 2 is 1.79 bits per heavy atom. The molecule has 0 atom stereocenters. The standard InChI is InChI=1S/C22H26ClN3O2/c1-16-19(23)8-5-9-20(16)25-21(27)10-13-24-22(28)26-14-11-18(12-15-26)17-6-3-2-4-7-17/h2-9,18H,10-15H2,1H3,(H,24,28)(H,25,27). The third kappa shape index (κ3) is 5.26. The second-order valence-electron chi connectivity index (χ2n) is 7.11. The highest BCUT2D eigenvalue weighted by Crippen LogP contribution is 2.27. The van der Waals surface area contributed by atoms with E-state index in [0.29, 0.717) is 23.2 Å². The number of rotatable bonds is 5. The van der Waals surface area contributed by atoms with Gasteiger partial charge in [-0.05, 0) is 48.9 Å². The summed E-state index contributed by atoms with van der Waals surface area (Å²) in [4.78, 5) is 26.3. The molecule has 1 fully saturated rings. The fourth-order valence-corrected chi connectivity index (χ4v) is 3.67. The molecule has 0 saturated carbocycles. The number of piperidine rings is 1. The summed E-state index contributed by atoms with van der Waals surface area (Å²) in [6.07, 6.45) is 2.15. The predicted molar refractivity (Wildman–Crippen MR) is 113 cm³/mol. The molecule has 2 aromatic rings. The molecule has 6 heteroatoms. The fourth-order valence-electron chi connectivity index (χ4n) is 3.49. The Kier molecular flexibility index (Phi) is 6.93. The van der Waals surface area contributed by atoms with Gasteiger partial charge in [0.1, 0.15) is 0 Å². The van der Waals surface area contributed by atoms with Crippen LogP contribution in [0.1, 0.15) is 36.3 Å². The molecule has 1 aliphatic heterocycles. The number of anilines is 1. The number of urea groups is 1. The molecule has 0 aromatic heterocycles. The van der Waals surface area contributed by atoms with E-state index in [1.54, 1.807) is 12.1 Å². The van der Waals surface area contributed by atoms with Gasteiger partial charge in [0.15, 0.2) is 0 Å². The smallest absolute Gasteiger partial charge is 0.317 e. The van der Waals surface area contributed by atoms with Crippen LogP contribution in [0.15, 0.2) is 48.5 Å². The second kappa shape index (κ2) is 9.60. The number of benzene rings is 2. The zero-order valence-corrected chi connectivity index (χ0v) is 16.8. The monoisotopic (exact) mass is 399 g/mol. The molecule has 1 saturated heterocycles. The van der Waals surface area contributed by atoms with Crippen molar-refractivity contribution in [2.75, 3.05) is 25.0 Å². The van der Waals surface area contributed by atoms with Crippen molar-refractivity contribution < 1.29 is 9.59 Å². The van der Waals surface area contributed by atoms with Gasteiger partial charge >= 0.3 is 6.03 Å². The minimum atomic E-state index is -0.145. The quantitative estimate of drug-likeness (QED) is 0.773. The maximum Gasteiger partial charge on any atom is 0.317 e. The van der Waals surface area contributed by atoms with Crippen molar-refractivity contribution >= 4 is 29.2 Å². The van der Waals surface area contributed by atoms with Gasteiger partial charge in [-0.3, -0.25) is 4.79 Å². The van der Waals surface area contributed by atoms with Crippen LogP contribution in [0.2, 0.25) is 5.02 Å². The lowest BCUT2D eigenvalue weighted by Crippen LogP contribution is -2.44. The highest BCUT2D eigenvalue weighted by molar-refractivity contribution is 6.31. The van der Waals surface area contributed by atoms with E-state index in [4.69, 9.17) is 11.6 Å². The number of nitrogens with zero attached hydrogens (tertiary/aromatic N) is 1. The Balaban J connectivity index is 1.39. The first kappa shape index (κ1) is 20.2. The van der Waals surface area contributed by atoms with Crippen molar-refractivity contribution in [3.05, 3.63) is 64.7 Å². The largest absolute Gasteiger partial charge is 0.337 e. The van der Waals surface area contributed by atoms with Gasteiger partial charge in [-0.2, -0.15) is 0 Å². The van der Waals surface area contributed by atoms with Crippen molar-refractivity contribution in [3.63, 3.8) is 0 Å². The first-order valence-corrected chi connectivity index (χ1v) is 10.0. The first-order valence-electron chi connectivity index (χ1n) is 9.67. The van der Waals surface area contributed by atoms with Gasteiger partial charge in [-0.15, -0.1) is 0 Å². The maximum atomic E-state index is 12.3. The summed E-state index contributed by atoms with van der Waals surface area (Å²) in [5.41, 5.74) is 2.88. The highest BCUT2D eigenvalue weighted by Gasteiger charge is 2.23. The van der Waals surface area contributed by atoms with Gasteiger partial charge in [-0.1, -0.05) is 48.0 Å².